The van der Waals surface area contributed by atoms with Crippen LogP contribution in [-0.2, 0) is 6.54 Å². The van der Waals surface area contributed by atoms with Crippen LogP contribution in [0.25, 0.3) is 10.9 Å². The number of hydrogen-bond acceptors (Lipinski definition) is 2. The van der Waals surface area contributed by atoms with Crippen LogP contribution in [0.1, 0.15) is 43.9 Å². The maximum Gasteiger partial charge on any atom is 0.0782 e. The second-order valence-electron chi connectivity index (χ2n) is 5.11. The van der Waals surface area contributed by atoms with Gasteiger partial charge in [-0.25, -0.2) is 0 Å². The van der Waals surface area contributed by atoms with Crippen LogP contribution in [0.5, 0.6) is 0 Å². The van der Waals surface area contributed by atoms with Crippen molar-refractivity contribution in [2.24, 2.45) is 0 Å². The van der Waals surface area contributed by atoms with E-state index < -0.39 is 6.10 Å². The van der Waals surface area contributed by atoms with E-state index in [1.54, 1.807) is 6.92 Å². The predicted molar refractivity (Wildman–Crippen MR) is 73.7 cm³/mol. The summed E-state index contributed by atoms with van der Waals surface area (Å²) in [4.78, 5) is 0. The highest BCUT2D eigenvalue weighted by Crippen LogP contribution is 2.29. The van der Waals surface area contributed by atoms with E-state index in [1.807, 2.05) is 10.8 Å². The summed E-state index contributed by atoms with van der Waals surface area (Å²) < 4.78 is 2.00. The Hall–Kier alpha value is -1.32. The zero-order chi connectivity index (χ0) is 13.3. The molecular formula is C15H21NO2. The molecule has 1 unspecified atom stereocenters. The van der Waals surface area contributed by atoms with Crippen molar-refractivity contribution >= 4 is 10.9 Å². The first kappa shape index (κ1) is 13.1. The molecule has 98 valence electrons. The normalized spacial score (nSPS) is 13.4. The maximum absolute atomic E-state index is 9.86. The highest BCUT2D eigenvalue weighted by atomic mass is 16.3. The molecule has 1 heterocycles. The predicted octanol–water partition coefficient (Wildman–Crippen LogP) is 2.81. The lowest BCUT2D eigenvalue weighted by atomic mass is 9.99. The molecule has 0 saturated carbocycles. The molecule has 0 aliphatic rings. The highest BCUT2D eigenvalue weighted by Gasteiger charge is 2.13. The average Bonchev–Trinajstić information content (AvgIpc) is 2.68. The van der Waals surface area contributed by atoms with E-state index in [9.17, 15) is 5.11 Å². The third-order valence-corrected chi connectivity index (χ3v) is 3.39. The molecule has 0 aliphatic carbocycles. The minimum atomic E-state index is -0.491. The summed E-state index contributed by atoms with van der Waals surface area (Å²) in [6, 6.07) is 6.34. The Morgan fingerprint density at radius 2 is 1.94 bits per heavy atom. The smallest absolute Gasteiger partial charge is 0.0782 e. The molecule has 0 spiro atoms. The van der Waals surface area contributed by atoms with Crippen molar-refractivity contribution in [1.82, 2.24) is 4.57 Å². The number of aliphatic hydroxyl groups is 2. The second-order valence-corrected chi connectivity index (χ2v) is 5.11. The standard InChI is InChI=1S/C15H21NO2/c1-10(2)12-4-5-15-13(8-12)14(11(3)18)9-16(15)6-7-17/h4-5,8-11,17-18H,6-7H2,1-3H3. The number of aliphatic hydroxyl groups excluding tert-OH is 2. The minimum absolute atomic E-state index is 0.106. The molecule has 3 nitrogen and oxygen atoms in total. The van der Waals surface area contributed by atoms with Crippen LogP contribution in [0, 0.1) is 0 Å². The van der Waals surface area contributed by atoms with Gasteiger partial charge >= 0.3 is 0 Å². The van der Waals surface area contributed by atoms with Crippen molar-refractivity contribution in [3.63, 3.8) is 0 Å². The van der Waals surface area contributed by atoms with Gasteiger partial charge in [-0.15, -0.1) is 0 Å². The summed E-state index contributed by atoms with van der Waals surface area (Å²) >= 11 is 0. The van der Waals surface area contributed by atoms with E-state index in [0.29, 0.717) is 12.5 Å². The van der Waals surface area contributed by atoms with Gasteiger partial charge in [0.1, 0.15) is 0 Å². The summed E-state index contributed by atoms with van der Waals surface area (Å²) in [7, 11) is 0. The molecule has 0 bridgehead atoms. The van der Waals surface area contributed by atoms with Gasteiger partial charge in [-0.05, 0) is 30.5 Å². The summed E-state index contributed by atoms with van der Waals surface area (Å²) in [5.41, 5.74) is 3.27. The largest absolute Gasteiger partial charge is 0.395 e. The fourth-order valence-electron chi connectivity index (χ4n) is 2.33. The number of benzene rings is 1. The van der Waals surface area contributed by atoms with Gasteiger partial charge in [0, 0.05) is 29.2 Å². The molecule has 1 aromatic heterocycles. The van der Waals surface area contributed by atoms with Crippen LogP contribution in [0.2, 0.25) is 0 Å². The lowest BCUT2D eigenvalue weighted by Crippen LogP contribution is -2.00. The summed E-state index contributed by atoms with van der Waals surface area (Å²) in [6.07, 6.45) is 1.45. The molecule has 0 fully saturated rings. The fraction of sp³-hybridized carbons (Fsp3) is 0.467. The van der Waals surface area contributed by atoms with Gasteiger partial charge < -0.3 is 14.8 Å². The molecular weight excluding hydrogens is 226 g/mol. The Bertz CT molecular complexity index is 541. The molecule has 0 aliphatic heterocycles. The highest BCUT2D eigenvalue weighted by molar-refractivity contribution is 5.85. The van der Waals surface area contributed by atoms with E-state index in [2.05, 4.69) is 32.0 Å². The van der Waals surface area contributed by atoms with Crippen molar-refractivity contribution in [2.75, 3.05) is 6.61 Å². The van der Waals surface area contributed by atoms with Crippen LogP contribution in [-0.4, -0.2) is 21.4 Å². The first-order chi connectivity index (χ1) is 8.54. The lowest BCUT2D eigenvalue weighted by Gasteiger charge is -2.08. The Labute approximate surface area is 108 Å². The van der Waals surface area contributed by atoms with Gasteiger partial charge in [-0.1, -0.05) is 19.9 Å². The van der Waals surface area contributed by atoms with Crippen LogP contribution < -0.4 is 0 Å². The molecule has 3 heteroatoms. The maximum atomic E-state index is 9.86. The SMILES string of the molecule is CC(C)c1ccc2c(c1)c(C(C)O)cn2CCO. The first-order valence-corrected chi connectivity index (χ1v) is 6.46. The quantitative estimate of drug-likeness (QED) is 0.872. The van der Waals surface area contributed by atoms with Crippen molar-refractivity contribution < 1.29 is 10.2 Å². The zero-order valence-corrected chi connectivity index (χ0v) is 11.2. The topological polar surface area (TPSA) is 45.4 Å². The molecule has 0 saturated heterocycles. The summed E-state index contributed by atoms with van der Waals surface area (Å²) in [5, 5.41) is 20.0. The van der Waals surface area contributed by atoms with Gasteiger partial charge in [0.25, 0.3) is 0 Å². The lowest BCUT2D eigenvalue weighted by molar-refractivity contribution is 0.200. The Kier molecular flexibility index (Phi) is 3.73. The zero-order valence-electron chi connectivity index (χ0n) is 11.2. The molecule has 2 aromatic rings. The molecule has 18 heavy (non-hydrogen) atoms. The minimum Gasteiger partial charge on any atom is -0.395 e. The average molecular weight is 247 g/mol. The first-order valence-electron chi connectivity index (χ1n) is 6.46. The molecule has 2 N–H and O–H groups in total. The van der Waals surface area contributed by atoms with Crippen LogP contribution in [0.3, 0.4) is 0 Å². The van der Waals surface area contributed by atoms with Crippen molar-refractivity contribution in [3.8, 4) is 0 Å². The van der Waals surface area contributed by atoms with Crippen molar-refractivity contribution in [3.05, 3.63) is 35.5 Å². The molecule has 1 atom stereocenters. The van der Waals surface area contributed by atoms with E-state index in [0.717, 1.165) is 16.5 Å². The Morgan fingerprint density at radius 1 is 1.22 bits per heavy atom. The second kappa shape index (κ2) is 5.12. The summed E-state index contributed by atoms with van der Waals surface area (Å²) in [6.45, 7) is 6.77. The molecule has 1 aromatic carbocycles. The number of aromatic nitrogens is 1. The van der Waals surface area contributed by atoms with E-state index in [-0.39, 0.29) is 6.61 Å². The Morgan fingerprint density at radius 3 is 2.50 bits per heavy atom. The van der Waals surface area contributed by atoms with Crippen molar-refractivity contribution in [1.29, 1.82) is 0 Å². The van der Waals surface area contributed by atoms with Gasteiger partial charge in [-0.3, -0.25) is 0 Å². The van der Waals surface area contributed by atoms with Gasteiger partial charge in [0.05, 0.1) is 12.7 Å². The van der Waals surface area contributed by atoms with E-state index in [4.69, 9.17) is 5.11 Å². The van der Waals surface area contributed by atoms with Crippen LogP contribution in [0.15, 0.2) is 24.4 Å². The van der Waals surface area contributed by atoms with E-state index in [1.165, 1.54) is 5.56 Å². The van der Waals surface area contributed by atoms with Crippen LogP contribution >= 0.6 is 0 Å². The fourth-order valence-corrected chi connectivity index (χ4v) is 2.33. The number of hydrogen-bond donors (Lipinski definition) is 2. The van der Waals surface area contributed by atoms with Crippen LogP contribution in [0.4, 0.5) is 0 Å². The third kappa shape index (κ3) is 2.28. The molecule has 0 radical (unpaired) electrons. The van der Waals surface area contributed by atoms with Gasteiger partial charge in [0.2, 0.25) is 0 Å². The Balaban J connectivity index is 2.63. The number of nitrogens with zero attached hydrogens (tertiary/aromatic N) is 1. The van der Waals surface area contributed by atoms with Gasteiger partial charge in [-0.2, -0.15) is 0 Å². The van der Waals surface area contributed by atoms with E-state index >= 15 is 0 Å². The number of rotatable bonds is 4. The summed E-state index contributed by atoms with van der Waals surface area (Å²) in [5.74, 6) is 0.470. The molecule has 0 amide bonds. The number of fused-ring (bicyclic) bond motifs is 1. The molecule has 2 rings (SSSR count). The third-order valence-electron chi connectivity index (χ3n) is 3.39. The monoisotopic (exact) mass is 247 g/mol. The van der Waals surface area contributed by atoms with Crippen molar-refractivity contribution in [2.45, 2.75) is 39.3 Å². The van der Waals surface area contributed by atoms with Gasteiger partial charge in [0.15, 0.2) is 0 Å².